The first-order valence-corrected chi connectivity index (χ1v) is 15.1. The van der Waals surface area contributed by atoms with Gasteiger partial charge in [-0.2, -0.15) is 0 Å². The van der Waals surface area contributed by atoms with E-state index in [1.807, 2.05) is 0 Å². The lowest BCUT2D eigenvalue weighted by Gasteiger charge is -2.24. The molecule has 0 aromatic carbocycles. The number of rotatable bonds is 20. The van der Waals surface area contributed by atoms with Crippen LogP contribution in [0.1, 0.15) is 106 Å². The Hall–Kier alpha value is 1.34. The number of hydrogen-bond donors (Lipinski definition) is 0. The second-order valence-electron chi connectivity index (χ2n) is 10.3. The fourth-order valence-electron chi connectivity index (χ4n) is 4.83. The van der Waals surface area contributed by atoms with Crippen LogP contribution in [0, 0.1) is 23.7 Å². The molecule has 0 aromatic rings. The lowest BCUT2D eigenvalue weighted by atomic mass is 9.90. The van der Waals surface area contributed by atoms with Gasteiger partial charge in [0.05, 0.1) is 0 Å². The molecule has 8 unspecified atom stereocenters. The summed E-state index contributed by atoms with van der Waals surface area (Å²) in [6.07, 6.45) is 11.6. The number of alkyl halides is 2. The summed E-state index contributed by atoms with van der Waals surface area (Å²) in [5.41, 5.74) is 0. The van der Waals surface area contributed by atoms with Gasteiger partial charge in [-0.15, -0.1) is 0 Å². The number of ether oxygens (including phenoxy) is 3. The van der Waals surface area contributed by atoms with Gasteiger partial charge in [0, 0.05) is 22.1 Å². The maximum Gasteiger partial charge on any atom is 0.160 e. The third-order valence-electron chi connectivity index (χ3n) is 6.17. The number of hydrogen-bond acceptors (Lipinski definition) is 3. The van der Waals surface area contributed by atoms with Gasteiger partial charge in [0.2, 0.25) is 0 Å². The van der Waals surface area contributed by atoms with E-state index < -0.39 is 0 Å². The summed E-state index contributed by atoms with van der Waals surface area (Å²) in [7, 11) is 3.50. The first-order chi connectivity index (χ1) is 14.6. The molecular formula is C26H52I2O3. The Morgan fingerprint density at radius 1 is 0.516 bits per heavy atom. The molecule has 0 N–H and O–H groups in total. The molecule has 0 spiro atoms. The molecule has 0 amide bonds. The van der Waals surface area contributed by atoms with Crippen LogP contribution in [-0.4, -0.2) is 34.6 Å². The van der Waals surface area contributed by atoms with E-state index in [9.17, 15) is 0 Å². The van der Waals surface area contributed by atoms with Crippen LogP contribution >= 0.6 is 45.2 Å². The van der Waals surface area contributed by atoms with E-state index in [1.165, 1.54) is 38.5 Å². The predicted molar refractivity (Wildman–Crippen MR) is 152 cm³/mol. The summed E-state index contributed by atoms with van der Waals surface area (Å²) in [5.74, 6) is 3.15. The topological polar surface area (TPSA) is 27.7 Å². The van der Waals surface area contributed by atoms with E-state index in [0.717, 1.165) is 57.2 Å². The first-order valence-electron chi connectivity index (χ1n) is 12.6. The summed E-state index contributed by atoms with van der Waals surface area (Å²) in [5, 5.41) is 0. The summed E-state index contributed by atoms with van der Waals surface area (Å²) in [6.45, 7) is 14.2. The van der Waals surface area contributed by atoms with Crippen LogP contribution < -0.4 is 0 Å². The molecule has 0 fully saturated rings. The number of methoxy groups -OCH3 is 2. The van der Waals surface area contributed by atoms with Crippen molar-refractivity contribution in [2.45, 2.75) is 126 Å². The molecule has 0 aliphatic carbocycles. The van der Waals surface area contributed by atoms with Gasteiger partial charge in [-0.25, -0.2) is 0 Å². The van der Waals surface area contributed by atoms with Crippen molar-refractivity contribution in [1.82, 2.24) is 0 Å². The third-order valence-corrected chi connectivity index (χ3v) is 7.18. The van der Waals surface area contributed by atoms with Crippen LogP contribution in [0.5, 0.6) is 0 Å². The van der Waals surface area contributed by atoms with Crippen molar-refractivity contribution in [3.63, 3.8) is 0 Å². The molecule has 3 nitrogen and oxygen atoms in total. The van der Waals surface area contributed by atoms with Gasteiger partial charge in [0.1, 0.15) is 0 Å². The third kappa shape index (κ3) is 19.3. The van der Waals surface area contributed by atoms with Crippen LogP contribution in [-0.2, 0) is 14.2 Å². The molecule has 5 heteroatoms. The average Bonchev–Trinajstić information content (AvgIpc) is 2.64. The quantitative estimate of drug-likeness (QED) is 0.0738. The zero-order chi connectivity index (χ0) is 23.8. The Labute approximate surface area is 222 Å². The van der Waals surface area contributed by atoms with E-state index in [4.69, 9.17) is 14.2 Å². The van der Waals surface area contributed by atoms with Gasteiger partial charge in [0.15, 0.2) is 12.6 Å². The minimum atomic E-state index is -0.161. The second-order valence-corrected chi connectivity index (χ2v) is 14.5. The maximum absolute atomic E-state index is 6.13. The standard InChI is InChI=1S/C26H52I2O3/c1-19(15-21(3)17-23(5)27)11-9-13-25(29-7)31-26(30-8)14-10-12-20(2)16-22(4)18-24(6)28/h19-26H,9-18H2,1-8H3. The van der Waals surface area contributed by atoms with Crippen molar-refractivity contribution in [2.24, 2.45) is 23.7 Å². The van der Waals surface area contributed by atoms with Gasteiger partial charge in [0.25, 0.3) is 0 Å². The van der Waals surface area contributed by atoms with Crippen molar-refractivity contribution in [3.05, 3.63) is 0 Å². The molecule has 188 valence electrons. The molecule has 0 saturated carbocycles. The molecule has 0 aliphatic heterocycles. The molecule has 0 rings (SSSR count). The van der Waals surface area contributed by atoms with Crippen LogP contribution in [0.15, 0.2) is 0 Å². The summed E-state index contributed by atoms with van der Waals surface area (Å²) in [4.78, 5) is 0. The molecule has 8 atom stereocenters. The van der Waals surface area contributed by atoms with Crippen LogP contribution in [0.25, 0.3) is 0 Å². The summed E-state index contributed by atoms with van der Waals surface area (Å²) >= 11 is 5.08. The average molecular weight is 667 g/mol. The van der Waals surface area contributed by atoms with E-state index in [0.29, 0.717) is 0 Å². The maximum atomic E-state index is 6.13. The fraction of sp³-hybridized carbons (Fsp3) is 1.00. The van der Waals surface area contributed by atoms with Crippen molar-refractivity contribution in [3.8, 4) is 0 Å². The first kappa shape index (κ1) is 32.3. The van der Waals surface area contributed by atoms with Gasteiger partial charge in [-0.3, -0.25) is 0 Å². The zero-order valence-electron chi connectivity index (χ0n) is 21.7. The summed E-state index contributed by atoms with van der Waals surface area (Å²) in [6, 6.07) is 0. The lowest BCUT2D eigenvalue weighted by molar-refractivity contribution is -0.233. The molecule has 31 heavy (non-hydrogen) atoms. The van der Waals surface area contributed by atoms with E-state index in [-0.39, 0.29) is 12.6 Å². The fourth-order valence-corrected chi connectivity index (χ4v) is 6.57. The predicted octanol–water partition coefficient (Wildman–Crippen LogP) is 9.04. The summed E-state index contributed by atoms with van der Waals surface area (Å²) < 4.78 is 18.9. The van der Waals surface area contributed by atoms with Gasteiger partial charge >= 0.3 is 0 Å². The van der Waals surface area contributed by atoms with Gasteiger partial charge in [-0.1, -0.05) is 99.6 Å². The monoisotopic (exact) mass is 666 g/mol. The largest absolute Gasteiger partial charge is 0.356 e. The normalized spacial score (nSPS) is 19.9. The van der Waals surface area contributed by atoms with Crippen molar-refractivity contribution in [1.29, 1.82) is 0 Å². The Bertz CT molecular complexity index is 370. The van der Waals surface area contributed by atoms with E-state index in [2.05, 4.69) is 86.7 Å². The molecule has 0 radical (unpaired) electrons. The van der Waals surface area contributed by atoms with Gasteiger partial charge in [-0.05, 0) is 75.0 Å². The Kier molecular flexibility index (Phi) is 20.5. The van der Waals surface area contributed by atoms with Gasteiger partial charge < -0.3 is 14.2 Å². The highest BCUT2D eigenvalue weighted by Crippen LogP contribution is 2.26. The lowest BCUT2D eigenvalue weighted by Crippen LogP contribution is -2.25. The molecule has 0 bridgehead atoms. The molecular weight excluding hydrogens is 614 g/mol. The van der Waals surface area contributed by atoms with E-state index in [1.54, 1.807) is 14.2 Å². The highest BCUT2D eigenvalue weighted by molar-refractivity contribution is 14.1. The van der Waals surface area contributed by atoms with Crippen LogP contribution in [0.2, 0.25) is 0 Å². The SMILES string of the molecule is COC(CCCC(C)CC(C)CC(C)I)OC(CCCC(C)CC(C)CC(C)I)OC. The molecule has 0 aromatic heterocycles. The molecule has 0 aliphatic rings. The minimum absolute atomic E-state index is 0.161. The molecule has 0 heterocycles. The highest BCUT2D eigenvalue weighted by atomic mass is 127. The minimum Gasteiger partial charge on any atom is -0.356 e. The van der Waals surface area contributed by atoms with Crippen molar-refractivity contribution in [2.75, 3.05) is 14.2 Å². The van der Waals surface area contributed by atoms with Crippen molar-refractivity contribution < 1.29 is 14.2 Å². The smallest absolute Gasteiger partial charge is 0.160 e. The highest BCUT2D eigenvalue weighted by Gasteiger charge is 2.18. The Morgan fingerprint density at radius 2 is 0.871 bits per heavy atom. The number of halogens is 2. The van der Waals surface area contributed by atoms with Crippen LogP contribution in [0.3, 0.4) is 0 Å². The molecule has 0 saturated heterocycles. The Morgan fingerprint density at radius 3 is 1.16 bits per heavy atom. The van der Waals surface area contributed by atoms with E-state index >= 15 is 0 Å². The zero-order valence-corrected chi connectivity index (χ0v) is 26.0. The second kappa shape index (κ2) is 19.6. The Balaban J connectivity index is 4.13. The van der Waals surface area contributed by atoms with Crippen LogP contribution in [0.4, 0.5) is 0 Å². The van der Waals surface area contributed by atoms with Crippen molar-refractivity contribution >= 4 is 45.2 Å².